The van der Waals surface area contributed by atoms with E-state index in [0.29, 0.717) is 6.54 Å². The first-order valence-electron chi connectivity index (χ1n) is 4.27. The minimum atomic E-state index is 0.0598. The van der Waals surface area contributed by atoms with E-state index >= 15 is 0 Å². The van der Waals surface area contributed by atoms with Crippen LogP contribution in [0.1, 0.15) is 5.56 Å². The van der Waals surface area contributed by atoms with Crippen LogP contribution in [0.5, 0.6) is 5.75 Å². The molecule has 0 aliphatic rings. The van der Waals surface area contributed by atoms with Crippen molar-refractivity contribution in [3.05, 3.63) is 29.8 Å². The Kier molecular flexibility index (Phi) is 3.73. The molecule has 3 heteroatoms. The number of phenolic OH excluding ortho intramolecular Hbond substituents is 1. The van der Waals surface area contributed by atoms with E-state index in [1.807, 2.05) is 12.1 Å². The first-order chi connectivity index (χ1) is 6.26. The van der Waals surface area contributed by atoms with Crippen LogP contribution in [0.15, 0.2) is 24.3 Å². The van der Waals surface area contributed by atoms with Crippen LogP contribution in [0.25, 0.3) is 0 Å². The van der Waals surface area contributed by atoms with Crippen molar-refractivity contribution in [1.82, 2.24) is 0 Å². The summed E-state index contributed by atoms with van der Waals surface area (Å²) in [6, 6.07) is 7.07. The Bertz CT molecular complexity index is 242. The van der Waals surface area contributed by atoms with Gasteiger partial charge in [-0.1, -0.05) is 12.1 Å². The fourth-order valence-corrected chi connectivity index (χ4v) is 1.16. The Labute approximate surface area is 78.1 Å². The van der Waals surface area contributed by atoms with E-state index in [4.69, 9.17) is 15.6 Å². The van der Waals surface area contributed by atoms with Gasteiger partial charge in [-0.3, -0.25) is 0 Å². The van der Waals surface area contributed by atoms with Gasteiger partial charge in [0.15, 0.2) is 0 Å². The molecule has 0 aliphatic heterocycles. The lowest BCUT2D eigenvalue weighted by Gasteiger charge is -2.12. The number of hydrogen-bond acceptors (Lipinski definition) is 3. The van der Waals surface area contributed by atoms with E-state index in [0.717, 1.165) is 12.0 Å². The van der Waals surface area contributed by atoms with Crippen LogP contribution in [0.3, 0.4) is 0 Å². The van der Waals surface area contributed by atoms with Crippen molar-refractivity contribution in [2.45, 2.75) is 12.5 Å². The zero-order valence-corrected chi connectivity index (χ0v) is 7.73. The number of aromatic hydroxyl groups is 1. The maximum Gasteiger partial charge on any atom is 0.115 e. The normalized spacial score (nSPS) is 12.8. The summed E-state index contributed by atoms with van der Waals surface area (Å²) in [5, 5.41) is 9.05. The number of benzene rings is 1. The van der Waals surface area contributed by atoms with Gasteiger partial charge in [0.2, 0.25) is 0 Å². The monoisotopic (exact) mass is 181 g/mol. The van der Waals surface area contributed by atoms with Gasteiger partial charge in [-0.2, -0.15) is 0 Å². The second-order valence-corrected chi connectivity index (χ2v) is 2.96. The van der Waals surface area contributed by atoms with Gasteiger partial charge in [-0.25, -0.2) is 0 Å². The van der Waals surface area contributed by atoms with E-state index in [9.17, 15) is 0 Å². The molecule has 1 rings (SSSR count). The van der Waals surface area contributed by atoms with Crippen molar-refractivity contribution in [2.75, 3.05) is 13.7 Å². The average molecular weight is 181 g/mol. The fourth-order valence-electron chi connectivity index (χ4n) is 1.16. The summed E-state index contributed by atoms with van der Waals surface area (Å²) < 4.78 is 5.15. The van der Waals surface area contributed by atoms with Gasteiger partial charge in [0.25, 0.3) is 0 Å². The van der Waals surface area contributed by atoms with Crippen molar-refractivity contribution in [3.63, 3.8) is 0 Å². The molecule has 1 unspecified atom stereocenters. The molecule has 13 heavy (non-hydrogen) atoms. The van der Waals surface area contributed by atoms with Crippen molar-refractivity contribution in [1.29, 1.82) is 0 Å². The summed E-state index contributed by atoms with van der Waals surface area (Å²) in [5.74, 6) is 0.283. The summed E-state index contributed by atoms with van der Waals surface area (Å²) in [4.78, 5) is 0. The van der Waals surface area contributed by atoms with Gasteiger partial charge >= 0.3 is 0 Å². The summed E-state index contributed by atoms with van der Waals surface area (Å²) in [7, 11) is 1.65. The van der Waals surface area contributed by atoms with Gasteiger partial charge in [-0.15, -0.1) is 0 Å². The molecule has 0 aliphatic carbocycles. The highest BCUT2D eigenvalue weighted by atomic mass is 16.5. The predicted octanol–water partition coefficient (Wildman–Crippen LogP) is 0.908. The maximum atomic E-state index is 9.05. The summed E-state index contributed by atoms with van der Waals surface area (Å²) in [5.41, 5.74) is 6.61. The molecule has 0 radical (unpaired) electrons. The Morgan fingerprint density at radius 2 is 2.00 bits per heavy atom. The third-order valence-corrected chi connectivity index (χ3v) is 2.00. The van der Waals surface area contributed by atoms with E-state index < -0.39 is 0 Å². The topological polar surface area (TPSA) is 55.5 Å². The van der Waals surface area contributed by atoms with E-state index in [1.54, 1.807) is 19.2 Å². The molecule has 0 spiro atoms. The minimum Gasteiger partial charge on any atom is -0.508 e. The van der Waals surface area contributed by atoms with Crippen LogP contribution < -0.4 is 5.73 Å². The molecular formula is C10H15NO2. The fraction of sp³-hybridized carbons (Fsp3) is 0.400. The Morgan fingerprint density at radius 3 is 2.46 bits per heavy atom. The molecule has 0 aromatic heterocycles. The number of rotatable bonds is 4. The molecule has 3 nitrogen and oxygen atoms in total. The molecule has 0 saturated heterocycles. The summed E-state index contributed by atoms with van der Waals surface area (Å²) in [6.45, 7) is 0.511. The number of hydrogen-bond donors (Lipinski definition) is 2. The minimum absolute atomic E-state index is 0.0598. The lowest BCUT2D eigenvalue weighted by atomic mass is 10.1. The van der Waals surface area contributed by atoms with E-state index in [2.05, 4.69) is 0 Å². The van der Waals surface area contributed by atoms with Crippen LogP contribution in [0.2, 0.25) is 0 Å². The molecule has 0 saturated carbocycles. The molecule has 1 aromatic carbocycles. The zero-order chi connectivity index (χ0) is 9.68. The van der Waals surface area contributed by atoms with Crippen molar-refractivity contribution in [3.8, 4) is 5.75 Å². The van der Waals surface area contributed by atoms with Crippen LogP contribution in [-0.2, 0) is 11.2 Å². The third-order valence-electron chi connectivity index (χ3n) is 2.00. The smallest absolute Gasteiger partial charge is 0.115 e. The lowest BCUT2D eigenvalue weighted by Crippen LogP contribution is -2.24. The first kappa shape index (κ1) is 10.0. The molecule has 0 fully saturated rings. The maximum absolute atomic E-state index is 9.05. The standard InChI is InChI=1S/C10H15NO2/c1-13-10(7-11)6-8-2-4-9(12)5-3-8/h2-5,10,12H,6-7,11H2,1H3. The molecule has 72 valence electrons. The molecule has 0 amide bonds. The molecule has 0 heterocycles. The van der Waals surface area contributed by atoms with E-state index in [-0.39, 0.29) is 11.9 Å². The van der Waals surface area contributed by atoms with Crippen molar-refractivity contribution < 1.29 is 9.84 Å². The Morgan fingerprint density at radius 1 is 1.38 bits per heavy atom. The van der Waals surface area contributed by atoms with Crippen molar-refractivity contribution in [2.24, 2.45) is 5.73 Å². The highest BCUT2D eigenvalue weighted by molar-refractivity contribution is 5.26. The lowest BCUT2D eigenvalue weighted by molar-refractivity contribution is 0.110. The van der Waals surface area contributed by atoms with E-state index in [1.165, 1.54) is 0 Å². The molecule has 1 aromatic rings. The average Bonchev–Trinajstić information content (AvgIpc) is 2.17. The van der Waals surface area contributed by atoms with Gasteiger partial charge in [-0.05, 0) is 24.1 Å². The van der Waals surface area contributed by atoms with Gasteiger partial charge in [0.1, 0.15) is 5.75 Å². The third kappa shape index (κ3) is 3.05. The number of nitrogens with two attached hydrogens (primary N) is 1. The van der Waals surface area contributed by atoms with Crippen LogP contribution >= 0.6 is 0 Å². The first-order valence-corrected chi connectivity index (χ1v) is 4.27. The predicted molar refractivity (Wildman–Crippen MR) is 51.7 cm³/mol. The van der Waals surface area contributed by atoms with Crippen LogP contribution in [-0.4, -0.2) is 24.9 Å². The number of ether oxygens (including phenoxy) is 1. The Balaban J connectivity index is 2.58. The zero-order valence-electron chi connectivity index (χ0n) is 7.73. The SMILES string of the molecule is COC(CN)Cc1ccc(O)cc1. The quantitative estimate of drug-likeness (QED) is 0.725. The summed E-state index contributed by atoms with van der Waals surface area (Å²) in [6.07, 6.45) is 0.845. The molecule has 3 N–H and O–H groups in total. The van der Waals surface area contributed by atoms with Crippen LogP contribution in [0, 0.1) is 0 Å². The highest BCUT2D eigenvalue weighted by Gasteiger charge is 2.05. The molecule has 1 atom stereocenters. The number of methoxy groups -OCH3 is 1. The number of phenols is 1. The largest absolute Gasteiger partial charge is 0.508 e. The van der Waals surface area contributed by atoms with Crippen LogP contribution in [0.4, 0.5) is 0 Å². The molecule has 0 bridgehead atoms. The summed E-state index contributed by atoms with van der Waals surface area (Å²) >= 11 is 0. The molecular weight excluding hydrogens is 166 g/mol. The second-order valence-electron chi connectivity index (χ2n) is 2.96. The van der Waals surface area contributed by atoms with Gasteiger partial charge in [0, 0.05) is 13.7 Å². The van der Waals surface area contributed by atoms with Crippen molar-refractivity contribution >= 4 is 0 Å². The second kappa shape index (κ2) is 4.84. The Hall–Kier alpha value is -1.06. The van der Waals surface area contributed by atoms with Gasteiger partial charge < -0.3 is 15.6 Å². The highest BCUT2D eigenvalue weighted by Crippen LogP contribution is 2.11. The van der Waals surface area contributed by atoms with Gasteiger partial charge in [0.05, 0.1) is 6.10 Å².